The molecule has 0 unspecified atom stereocenters. The molecule has 8 nitrogen and oxygen atoms in total. The van der Waals surface area contributed by atoms with Gasteiger partial charge in [-0.2, -0.15) is 5.26 Å². The van der Waals surface area contributed by atoms with Crippen molar-refractivity contribution in [2.24, 2.45) is 0 Å². The number of hydrogen-bond acceptors (Lipinski definition) is 6. The van der Waals surface area contributed by atoms with E-state index in [-0.39, 0.29) is 22.5 Å². The molecule has 3 aromatic rings. The fourth-order valence-corrected chi connectivity index (χ4v) is 2.78. The van der Waals surface area contributed by atoms with Crippen molar-refractivity contribution in [1.29, 1.82) is 5.26 Å². The Hall–Kier alpha value is -4.12. The molecular weight excluding hydrogens is 358 g/mol. The van der Waals surface area contributed by atoms with Gasteiger partial charge in [0, 0.05) is 11.9 Å². The highest BCUT2D eigenvalue weighted by molar-refractivity contribution is 6.07. The topological polar surface area (TPSA) is 123 Å². The summed E-state index contributed by atoms with van der Waals surface area (Å²) >= 11 is 0. The number of nitriles is 1. The first-order valence-corrected chi connectivity index (χ1v) is 8.30. The predicted molar refractivity (Wildman–Crippen MR) is 103 cm³/mol. The second kappa shape index (κ2) is 7.63. The molecule has 1 amide bonds. The first-order chi connectivity index (χ1) is 13.5. The van der Waals surface area contributed by atoms with Gasteiger partial charge < -0.3 is 20.4 Å². The van der Waals surface area contributed by atoms with Crippen LogP contribution in [0.2, 0.25) is 0 Å². The summed E-state index contributed by atoms with van der Waals surface area (Å²) < 4.78 is 6.17. The Morgan fingerprint density at radius 2 is 1.96 bits per heavy atom. The van der Waals surface area contributed by atoms with Gasteiger partial charge in [-0.25, -0.2) is 9.78 Å². The van der Waals surface area contributed by atoms with E-state index in [1.807, 2.05) is 19.1 Å². The Morgan fingerprint density at radius 1 is 1.21 bits per heavy atom. The lowest BCUT2D eigenvalue weighted by atomic mass is 10.1. The van der Waals surface area contributed by atoms with Crippen molar-refractivity contribution in [3.8, 4) is 11.8 Å². The van der Waals surface area contributed by atoms with Crippen molar-refractivity contribution in [3.63, 3.8) is 0 Å². The van der Waals surface area contributed by atoms with E-state index in [9.17, 15) is 14.9 Å². The van der Waals surface area contributed by atoms with Crippen LogP contribution in [0.25, 0.3) is 5.69 Å². The number of methoxy groups -OCH3 is 1. The molecule has 0 spiro atoms. The first-order valence-electron chi connectivity index (χ1n) is 8.30. The Kier molecular flexibility index (Phi) is 5.09. The van der Waals surface area contributed by atoms with Crippen LogP contribution >= 0.6 is 0 Å². The number of hydrogen-bond donors (Lipinski definition) is 2. The summed E-state index contributed by atoms with van der Waals surface area (Å²) in [6.45, 7) is 1.82. The summed E-state index contributed by atoms with van der Waals surface area (Å²) in [5, 5.41) is 12.0. The maximum atomic E-state index is 12.9. The van der Waals surface area contributed by atoms with Crippen molar-refractivity contribution < 1.29 is 14.3 Å². The lowest BCUT2D eigenvalue weighted by molar-refractivity contribution is 0.0592. The number of amides is 1. The van der Waals surface area contributed by atoms with Crippen LogP contribution < -0.4 is 11.1 Å². The van der Waals surface area contributed by atoms with Gasteiger partial charge in [-0.15, -0.1) is 0 Å². The van der Waals surface area contributed by atoms with E-state index in [1.165, 1.54) is 17.9 Å². The summed E-state index contributed by atoms with van der Waals surface area (Å²) in [6, 6.07) is 13.9. The normalized spacial score (nSPS) is 10.2. The van der Waals surface area contributed by atoms with Crippen LogP contribution in [0, 0.1) is 18.3 Å². The largest absolute Gasteiger partial charge is 0.464 e. The molecule has 2 heterocycles. The highest BCUT2D eigenvalue weighted by Crippen LogP contribution is 2.27. The van der Waals surface area contributed by atoms with Gasteiger partial charge in [0.05, 0.1) is 29.6 Å². The van der Waals surface area contributed by atoms with E-state index < -0.39 is 11.9 Å². The number of anilines is 2. The Bertz CT molecular complexity index is 1110. The number of nitrogen functional groups attached to an aromatic ring is 1. The molecule has 0 bridgehead atoms. The summed E-state index contributed by atoms with van der Waals surface area (Å²) in [5.74, 6) is -0.734. The molecule has 0 radical (unpaired) electrons. The zero-order valence-corrected chi connectivity index (χ0v) is 15.3. The van der Waals surface area contributed by atoms with Crippen LogP contribution in [0.4, 0.5) is 11.5 Å². The number of nitrogens with one attached hydrogen (secondary N) is 1. The van der Waals surface area contributed by atoms with Gasteiger partial charge in [-0.05, 0) is 31.2 Å². The number of esters is 1. The Balaban J connectivity index is 2.10. The van der Waals surface area contributed by atoms with E-state index in [1.54, 1.807) is 36.4 Å². The molecule has 0 saturated carbocycles. The SMILES string of the molecule is COC(=O)c1c(N)c(C#N)cn1-c1ccccc1C(=O)Nc1cccc(C)n1. The van der Waals surface area contributed by atoms with Gasteiger partial charge in [0.25, 0.3) is 5.91 Å². The smallest absolute Gasteiger partial charge is 0.357 e. The van der Waals surface area contributed by atoms with Crippen LogP contribution in [0.5, 0.6) is 0 Å². The van der Waals surface area contributed by atoms with Crippen LogP contribution in [0.1, 0.15) is 32.1 Å². The Morgan fingerprint density at radius 3 is 2.64 bits per heavy atom. The van der Waals surface area contributed by atoms with E-state index >= 15 is 0 Å². The fourth-order valence-electron chi connectivity index (χ4n) is 2.78. The molecular formula is C20H17N5O3. The maximum Gasteiger partial charge on any atom is 0.357 e. The molecule has 0 aliphatic heterocycles. The zero-order valence-electron chi connectivity index (χ0n) is 15.3. The molecule has 28 heavy (non-hydrogen) atoms. The van der Waals surface area contributed by atoms with Gasteiger partial charge in [0.2, 0.25) is 0 Å². The van der Waals surface area contributed by atoms with Gasteiger partial charge in [-0.3, -0.25) is 4.79 Å². The highest BCUT2D eigenvalue weighted by atomic mass is 16.5. The number of rotatable bonds is 4. The molecule has 0 fully saturated rings. The minimum absolute atomic E-state index is 0.00934. The number of benzene rings is 1. The number of carbonyl (C=O) groups is 2. The lowest BCUT2D eigenvalue weighted by Gasteiger charge is -2.13. The average Bonchev–Trinajstić information content (AvgIpc) is 3.03. The second-order valence-electron chi connectivity index (χ2n) is 5.91. The number of aryl methyl sites for hydroxylation is 1. The van der Waals surface area contributed by atoms with Crippen molar-refractivity contribution in [2.45, 2.75) is 6.92 Å². The van der Waals surface area contributed by atoms with Gasteiger partial charge in [0.15, 0.2) is 5.69 Å². The van der Waals surface area contributed by atoms with Crippen molar-refractivity contribution in [2.75, 3.05) is 18.2 Å². The third-order valence-electron chi connectivity index (χ3n) is 4.08. The van der Waals surface area contributed by atoms with Crippen molar-refractivity contribution >= 4 is 23.4 Å². The van der Waals surface area contributed by atoms with E-state index in [0.29, 0.717) is 11.5 Å². The fraction of sp³-hybridized carbons (Fsp3) is 0.100. The molecule has 140 valence electrons. The third kappa shape index (κ3) is 3.41. The van der Waals surface area contributed by atoms with Gasteiger partial charge >= 0.3 is 5.97 Å². The minimum Gasteiger partial charge on any atom is -0.464 e. The van der Waals surface area contributed by atoms with Crippen LogP contribution in [0.3, 0.4) is 0 Å². The molecule has 0 atom stereocenters. The van der Waals surface area contributed by atoms with Crippen LogP contribution in [-0.2, 0) is 4.74 Å². The van der Waals surface area contributed by atoms with E-state index in [0.717, 1.165) is 5.69 Å². The average molecular weight is 375 g/mol. The summed E-state index contributed by atoms with van der Waals surface area (Å²) in [4.78, 5) is 29.3. The van der Waals surface area contributed by atoms with E-state index in [2.05, 4.69) is 10.3 Å². The summed E-state index contributed by atoms with van der Waals surface area (Å²) in [7, 11) is 1.22. The van der Waals surface area contributed by atoms with Crippen molar-refractivity contribution in [3.05, 3.63) is 71.2 Å². The number of aromatic nitrogens is 2. The maximum absolute atomic E-state index is 12.9. The highest BCUT2D eigenvalue weighted by Gasteiger charge is 2.24. The summed E-state index contributed by atoms with van der Waals surface area (Å²) in [6.07, 6.45) is 1.40. The first kappa shape index (κ1) is 18.7. The van der Waals surface area contributed by atoms with Crippen LogP contribution in [0.15, 0.2) is 48.7 Å². The number of para-hydroxylation sites is 1. The monoisotopic (exact) mass is 375 g/mol. The minimum atomic E-state index is -0.713. The van der Waals surface area contributed by atoms with Crippen molar-refractivity contribution in [1.82, 2.24) is 9.55 Å². The molecule has 0 saturated heterocycles. The quantitative estimate of drug-likeness (QED) is 0.676. The van der Waals surface area contributed by atoms with Gasteiger partial charge in [0.1, 0.15) is 11.9 Å². The molecule has 2 aromatic heterocycles. The molecule has 0 aliphatic carbocycles. The molecule has 3 rings (SSSR count). The Labute approximate surface area is 161 Å². The predicted octanol–water partition coefficient (Wildman–Crippen LogP) is 2.67. The zero-order chi connectivity index (χ0) is 20.3. The number of carbonyl (C=O) groups excluding carboxylic acids is 2. The van der Waals surface area contributed by atoms with Gasteiger partial charge in [-0.1, -0.05) is 18.2 Å². The number of pyridine rings is 1. The number of ether oxygens (including phenoxy) is 1. The van der Waals surface area contributed by atoms with Crippen LogP contribution in [-0.4, -0.2) is 28.5 Å². The van der Waals surface area contributed by atoms with E-state index in [4.69, 9.17) is 10.5 Å². The number of nitrogens with two attached hydrogens (primary N) is 1. The lowest BCUT2D eigenvalue weighted by Crippen LogP contribution is -2.18. The summed E-state index contributed by atoms with van der Waals surface area (Å²) in [5.41, 5.74) is 7.43. The molecule has 1 aromatic carbocycles. The molecule has 3 N–H and O–H groups in total. The molecule has 8 heteroatoms. The molecule has 0 aliphatic rings. The third-order valence-corrected chi connectivity index (χ3v) is 4.08. The second-order valence-corrected chi connectivity index (χ2v) is 5.91. The standard InChI is InChI=1S/C20H17N5O3/c1-12-6-5-9-16(23-12)24-19(26)14-7-3-4-8-15(14)25-11-13(10-21)17(22)18(25)20(27)28-2/h3-9,11H,22H2,1-2H3,(H,23,24,26). The number of nitrogens with zero attached hydrogens (tertiary/aromatic N) is 3.